The molecule has 5 rings (SSSR count). The van der Waals surface area contributed by atoms with Gasteiger partial charge in [-0.15, -0.1) is 0 Å². The van der Waals surface area contributed by atoms with Crippen molar-refractivity contribution in [2.75, 3.05) is 18.1 Å². The van der Waals surface area contributed by atoms with Crippen LogP contribution in [0.4, 0.5) is 5.69 Å². The summed E-state index contributed by atoms with van der Waals surface area (Å²) in [4.78, 5) is 32.5. The molecule has 0 saturated heterocycles. The van der Waals surface area contributed by atoms with E-state index in [-0.39, 0.29) is 12.5 Å². The van der Waals surface area contributed by atoms with Crippen molar-refractivity contribution >= 4 is 28.5 Å². The molecule has 0 N–H and O–H groups in total. The number of esters is 1. The summed E-state index contributed by atoms with van der Waals surface area (Å²) in [5, 5.41) is 0.716. The Bertz CT molecular complexity index is 1330. The third kappa shape index (κ3) is 3.52. The Balaban J connectivity index is 1.45. The average Bonchev–Trinajstić information content (AvgIpc) is 3.27. The summed E-state index contributed by atoms with van der Waals surface area (Å²) in [6.45, 7) is 2.17. The summed E-state index contributed by atoms with van der Waals surface area (Å²) < 4.78 is 5.54. The van der Waals surface area contributed by atoms with E-state index in [9.17, 15) is 9.59 Å². The summed E-state index contributed by atoms with van der Waals surface area (Å²) in [6, 6.07) is 25.1. The van der Waals surface area contributed by atoms with Crippen LogP contribution < -0.4 is 4.90 Å². The van der Waals surface area contributed by atoms with Gasteiger partial charge in [-0.1, -0.05) is 66.7 Å². The zero-order chi connectivity index (χ0) is 22.1. The fourth-order valence-corrected chi connectivity index (χ4v) is 4.32. The van der Waals surface area contributed by atoms with Crippen LogP contribution in [0.3, 0.4) is 0 Å². The van der Waals surface area contributed by atoms with Crippen LogP contribution in [0.1, 0.15) is 21.5 Å². The van der Waals surface area contributed by atoms with Gasteiger partial charge in [0.1, 0.15) is 0 Å². The maximum atomic E-state index is 13.2. The number of ether oxygens (including phenoxy) is 1. The maximum Gasteiger partial charge on any atom is 0.339 e. The van der Waals surface area contributed by atoms with Crippen molar-refractivity contribution in [3.8, 4) is 11.3 Å². The summed E-state index contributed by atoms with van der Waals surface area (Å²) >= 11 is 0. The second-order valence-electron chi connectivity index (χ2n) is 7.84. The Morgan fingerprint density at radius 2 is 1.66 bits per heavy atom. The number of carbonyl (C=O) groups excluding carboxylic acids is 2. The number of nitrogens with zero attached hydrogens (tertiary/aromatic N) is 2. The van der Waals surface area contributed by atoms with E-state index < -0.39 is 5.97 Å². The minimum atomic E-state index is -0.515. The van der Waals surface area contributed by atoms with Crippen LogP contribution in [0.2, 0.25) is 0 Å². The molecule has 0 saturated carbocycles. The van der Waals surface area contributed by atoms with E-state index in [1.54, 1.807) is 4.90 Å². The van der Waals surface area contributed by atoms with Crippen molar-refractivity contribution in [2.45, 2.75) is 13.3 Å². The molecule has 1 aliphatic heterocycles. The highest BCUT2D eigenvalue weighted by atomic mass is 16.5. The Morgan fingerprint density at radius 3 is 2.50 bits per heavy atom. The van der Waals surface area contributed by atoms with Gasteiger partial charge in [0.25, 0.3) is 5.91 Å². The molecule has 0 bridgehead atoms. The Morgan fingerprint density at radius 1 is 0.938 bits per heavy atom. The first-order valence-corrected chi connectivity index (χ1v) is 10.6. The van der Waals surface area contributed by atoms with Gasteiger partial charge in [0.05, 0.1) is 16.8 Å². The zero-order valence-corrected chi connectivity index (χ0v) is 17.7. The van der Waals surface area contributed by atoms with Gasteiger partial charge in [0.2, 0.25) is 0 Å². The Hall–Kier alpha value is -3.99. The summed E-state index contributed by atoms with van der Waals surface area (Å²) in [6.07, 6.45) is 0.810. The smallest absolute Gasteiger partial charge is 0.339 e. The monoisotopic (exact) mass is 422 g/mol. The lowest BCUT2D eigenvalue weighted by Crippen LogP contribution is -2.33. The van der Waals surface area contributed by atoms with Crippen molar-refractivity contribution in [2.24, 2.45) is 0 Å². The Kier molecular flexibility index (Phi) is 5.15. The van der Waals surface area contributed by atoms with Gasteiger partial charge >= 0.3 is 5.97 Å². The lowest BCUT2D eigenvalue weighted by atomic mass is 9.98. The van der Waals surface area contributed by atoms with Crippen LogP contribution in [0, 0.1) is 6.92 Å². The highest BCUT2D eigenvalue weighted by Gasteiger charge is 2.26. The number of hydrogen-bond acceptors (Lipinski definition) is 4. The van der Waals surface area contributed by atoms with Crippen molar-refractivity contribution in [1.82, 2.24) is 4.98 Å². The van der Waals surface area contributed by atoms with E-state index in [0.29, 0.717) is 23.0 Å². The van der Waals surface area contributed by atoms with Crippen molar-refractivity contribution < 1.29 is 14.3 Å². The van der Waals surface area contributed by atoms with Crippen molar-refractivity contribution in [1.29, 1.82) is 0 Å². The van der Waals surface area contributed by atoms with Crippen LogP contribution in [0.5, 0.6) is 0 Å². The molecule has 1 amide bonds. The second kappa shape index (κ2) is 8.27. The minimum Gasteiger partial charge on any atom is -0.452 e. The van der Waals surface area contributed by atoms with E-state index >= 15 is 0 Å². The fraction of sp³-hybridized carbons (Fsp3) is 0.148. The number of benzene rings is 3. The number of aromatic nitrogens is 1. The molecule has 0 radical (unpaired) electrons. The first kappa shape index (κ1) is 19.9. The van der Waals surface area contributed by atoms with Crippen molar-refractivity contribution in [3.63, 3.8) is 0 Å². The normalized spacial score (nSPS) is 12.6. The number of rotatable bonds is 4. The van der Waals surface area contributed by atoms with Crippen molar-refractivity contribution in [3.05, 3.63) is 95.6 Å². The molecule has 2 heterocycles. The molecular formula is C27H22N2O3. The minimum absolute atomic E-state index is 0.220. The SMILES string of the molecule is Cc1c(-c2ccccc2)nc2ccccc2c1C(=O)OCC(=O)N1CCc2ccccc21. The number of para-hydroxylation sites is 2. The number of fused-ring (bicyclic) bond motifs is 2. The molecule has 0 atom stereocenters. The predicted octanol–water partition coefficient (Wildman–Crippen LogP) is 4.96. The highest BCUT2D eigenvalue weighted by Crippen LogP contribution is 2.31. The van der Waals surface area contributed by atoms with E-state index in [1.165, 1.54) is 0 Å². The molecule has 32 heavy (non-hydrogen) atoms. The highest BCUT2D eigenvalue weighted by molar-refractivity contribution is 6.07. The van der Waals surface area contributed by atoms with E-state index in [4.69, 9.17) is 9.72 Å². The first-order chi connectivity index (χ1) is 15.6. The van der Waals surface area contributed by atoms with Crippen LogP contribution >= 0.6 is 0 Å². The molecule has 158 valence electrons. The number of carbonyl (C=O) groups is 2. The lowest BCUT2D eigenvalue weighted by Gasteiger charge is -2.18. The third-order valence-electron chi connectivity index (χ3n) is 5.90. The molecule has 0 spiro atoms. The van der Waals surface area contributed by atoms with Gasteiger partial charge < -0.3 is 9.64 Å². The van der Waals surface area contributed by atoms with Crippen LogP contribution in [0.15, 0.2) is 78.9 Å². The molecule has 0 aliphatic carbocycles. The van der Waals surface area contributed by atoms with E-state index in [1.807, 2.05) is 85.8 Å². The third-order valence-corrected chi connectivity index (χ3v) is 5.90. The number of hydrogen-bond donors (Lipinski definition) is 0. The predicted molar refractivity (Wildman–Crippen MR) is 125 cm³/mol. The molecule has 0 fully saturated rings. The summed E-state index contributed by atoms with van der Waals surface area (Å²) in [5.74, 6) is -0.735. The molecule has 0 unspecified atom stereocenters. The van der Waals surface area contributed by atoms with Gasteiger partial charge in [-0.3, -0.25) is 4.79 Å². The largest absolute Gasteiger partial charge is 0.452 e. The second-order valence-corrected chi connectivity index (χ2v) is 7.84. The van der Waals surface area contributed by atoms with Crippen LogP contribution in [-0.4, -0.2) is 30.0 Å². The number of anilines is 1. The van der Waals surface area contributed by atoms with Gasteiger partial charge in [0, 0.05) is 23.2 Å². The molecule has 4 aromatic rings. The van der Waals surface area contributed by atoms with Gasteiger partial charge in [0.15, 0.2) is 6.61 Å². The molecule has 5 heteroatoms. The zero-order valence-electron chi connectivity index (χ0n) is 17.7. The molecule has 1 aliphatic rings. The molecule has 5 nitrogen and oxygen atoms in total. The van der Waals surface area contributed by atoms with Crippen LogP contribution in [-0.2, 0) is 16.0 Å². The van der Waals surface area contributed by atoms with Crippen LogP contribution in [0.25, 0.3) is 22.2 Å². The maximum absolute atomic E-state index is 13.2. The Labute approximate surface area is 186 Å². The summed E-state index contributed by atoms with van der Waals surface area (Å²) in [5.41, 5.74) is 5.58. The summed E-state index contributed by atoms with van der Waals surface area (Å²) in [7, 11) is 0. The standard InChI is InChI=1S/C27H22N2O3/c1-18-25(21-12-6-7-13-22(21)28-26(18)20-10-3-2-4-11-20)27(31)32-17-24(30)29-16-15-19-9-5-8-14-23(19)29/h2-14H,15-17H2,1H3. The quantitative estimate of drug-likeness (QED) is 0.436. The van der Waals surface area contributed by atoms with Gasteiger partial charge in [-0.05, 0) is 36.6 Å². The first-order valence-electron chi connectivity index (χ1n) is 10.6. The number of pyridine rings is 1. The molecule has 3 aromatic carbocycles. The topological polar surface area (TPSA) is 59.5 Å². The fourth-order valence-electron chi connectivity index (χ4n) is 4.32. The lowest BCUT2D eigenvalue weighted by molar-refractivity contribution is -0.121. The molecular weight excluding hydrogens is 400 g/mol. The van der Waals surface area contributed by atoms with Gasteiger partial charge in [-0.25, -0.2) is 9.78 Å². The average molecular weight is 422 g/mol. The van der Waals surface area contributed by atoms with E-state index in [0.717, 1.165) is 34.5 Å². The van der Waals surface area contributed by atoms with Gasteiger partial charge in [-0.2, -0.15) is 0 Å². The van der Waals surface area contributed by atoms with E-state index in [2.05, 4.69) is 0 Å². The number of amides is 1. The molecule has 1 aromatic heterocycles.